The molecule has 0 aliphatic heterocycles. The van der Waals surface area contributed by atoms with Crippen LogP contribution in [0.3, 0.4) is 0 Å². The Hall–Kier alpha value is -0.840. The minimum Gasteiger partial charge on any atom is -0.353 e. The van der Waals surface area contributed by atoms with Crippen molar-refractivity contribution in [3.05, 3.63) is 0 Å². The molecule has 1 aromatic rings. The quantitative estimate of drug-likeness (QED) is 0.588. The van der Waals surface area contributed by atoms with Crippen molar-refractivity contribution in [2.45, 2.75) is 48.5 Å². The van der Waals surface area contributed by atoms with Crippen LogP contribution in [-0.4, -0.2) is 41.6 Å². The topological polar surface area (TPSA) is 64.8 Å². The van der Waals surface area contributed by atoms with Crippen molar-refractivity contribution in [2.75, 3.05) is 24.7 Å². The first-order valence-electron chi connectivity index (χ1n) is 6.85. The predicted molar refractivity (Wildman–Crippen MR) is 84.4 cm³/mol. The molecule has 1 aromatic heterocycles. The van der Waals surface area contributed by atoms with Gasteiger partial charge in [0.1, 0.15) is 5.54 Å². The summed E-state index contributed by atoms with van der Waals surface area (Å²) in [5, 5.41) is 21.9. The normalized spacial score (nSPS) is 17.5. The summed E-state index contributed by atoms with van der Waals surface area (Å²) >= 11 is 3.34. The van der Waals surface area contributed by atoms with Crippen molar-refractivity contribution in [1.29, 1.82) is 5.26 Å². The van der Waals surface area contributed by atoms with Gasteiger partial charge in [-0.2, -0.15) is 5.26 Å². The highest BCUT2D eigenvalue weighted by atomic mass is 32.2. The van der Waals surface area contributed by atoms with Gasteiger partial charge in [0.15, 0.2) is 4.34 Å². The molecule has 0 saturated heterocycles. The van der Waals surface area contributed by atoms with Crippen LogP contribution < -0.4 is 10.2 Å². The number of thioether (sulfide) groups is 1. The first-order valence-corrected chi connectivity index (χ1v) is 8.65. The highest BCUT2D eigenvalue weighted by Crippen LogP contribution is 2.29. The van der Waals surface area contributed by atoms with Crippen molar-refractivity contribution in [2.24, 2.45) is 0 Å². The van der Waals surface area contributed by atoms with Crippen LogP contribution in [0.4, 0.5) is 5.13 Å². The lowest BCUT2D eigenvalue weighted by atomic mass is 9.98. The number of anilines is 1. The van der Waals surface area contributed by atoms with Gasteiger partial charge in [-0.05, 0) is 32.6 Å². The van der Waals surface area contributed by atoms with Gasteiger partial charge in [-0.1, -0.05) is 23.1 Å². The lowest BCUT2D eigenvalue weighted by molar-refractivity contribution is 0.412. The molecule has 2 rings (SSSR count). The summed E-state index contributed by atoms with van der Waals surface area (Å²) < 4.78 is 1.00. The minimum atomic E-state index is -0.377. The van der Waals surface area contributed by atoms with Crippen LogP contribution in [0.25, 0.3) is 0 Å². The van der Waals surface area contributed by atoms with Gasteiger partial charge in [0.25, 0.3) is 0 Å². The van der Waals surface area contributed by atoms with E-state index in [1.54, 1.807) is 23.1 Å². The first kappa shape index (κ1) is 15.5. The van der Waals surface area contributed by atoms with Crippen molar-refractivity contribution >= 4 is 28.2 Å². The number of nitrogens with zero attached hydrogens (tertiary/aromatic N) is 4. The molecule has 0 radical (unpaired) electrons. The Morgan fingerprint density at radius 1 is 1.50 bits per heavy atom. The van der Waals surface area contributed by atoms with E-state index in [4.69, 9.17) is 0 Å². The molecule has 20 heavy (non-hydrogen) atoms. The Morgan fingerprint density at radius 3 is 2.80 bits per heavy atom. The van der Waals surface area contributed by atoms with Crippen molar-refractivity contribution in [3.8, 4) is 6.07 Å². The first-order chi connectivity index (χ1) is 9.52. The summed E-state index contributed by atoms with van der Waals surface area (Å²) in [6.45, 7) is 2.01. The van der Waals surface area contributed by atoms with Gasteiger partial charge in [0.05, 0.1) is 6.07 Å². The molecule has 5 nitrogen and oxygen atoms in total. The predicted octanol–water partition coefficient (Wildman–Crippen LogP) is 2.51. The van der Waals surface area contributed by atoms with Crippen LogP contribution in [0.5, 0.6) is 0 Å². The van der Waals surface area contributed by atoms with Crippen molar-refractivity contribution in [1.82, 2.24) is 15.5 Å². The van der Waals surface area contributed by atoms with E-state index in [0.717, 1.165) is 28.1 Å². The standard InChI is InChI=1S/C13H21N5S2/c1-13(9-14,15-10-5-6-10)7-4-8-19-12-17-16-11(20-12)18(2)3/h10,15H,4-8H2,1-3H3. The SMILES string of the molecule is CN(C)c1nnc(SCCCC(C)(C#N)NC2CC2)s1. The average Bonchev–Trinajstić information content (AvgIpc) is 3.08. The Balaban J connectivity index is 1.70. The summed E-state index contributed by atoms with van der Waals surface area (Å²) in [6, 6.07) is 2.98. The number of nitriles is 1. The van der Waals surface area contributed by atoms with E-state index >= 15 is 0 Å². The molecule has 0 aromatic carbocycles. The molecule has 1 atom stereocenters. The van der Waals surface area contributed by atoms with E-state index in [2.05, 4.69) is 21.6 Å². The highest BCUT2D eigenvalue weighted by molar-refractivity contribution is 8.01. The third kappa shape index (κ3) is 4.62. The number of aromatic nitrogens is 2. The van der Waals surface area contributed by atoms with Crippen LogP contribution in [0.1, 0.15) is 32.6 Å². The second-order valence-electron chi connectivity index (χ2n) is 5.56. The van der Waals surface area contributed by atoms with Crippen LogP contribution in [0.2, 0.25) is 0 Å². The van der Waals surface area contributed by atoms with Crippen LogP contribution >= 0.6 is 23.1 Å². The van der Waals surface area contributed by atoms with Gasteiger partial charge in [0, 0.05) is 25.9 Å². The Labute approximate surface area is 128 Å². The molecule has 110 valence electrons. The largest absolute Gasteiger partial charge is 0.353 e. The molecule has 1 fully saturated rings. The summed E-state index contributed by atoms with van der Waals surface area (Å²) in [4.78, 5) is 1.97. The maximum atomic E-state index is 9.30. The lowest BCUT2D eigenvalue weighted by Crippen LogP contribution is -2.42. The summed E-state index contributed by atoms with van der Waals surface area (Å²) in [5.41, 5.74) is -0.377. The molecule has 1 heterocycles. The number of hydrogen-bond donors (Lipinski definition) is 1. The molecule has 1 aliphatic carbocycles. The fourth-order valence-electron chi connectivity index (χ4n) is 1.87. The fraction of sp³-hybridized carbons (Fsp3) is 0.769. The van der Waals surface area contributed by atoms with Crippen LogP contribution in [0.15, 0.2) is 4.34 Å². The van der Waals surface area contributed by atoms with Gasteiger partial charge < -0.3 is 4.90 Å². The van der Waals surface area contributed by atoms with Gasteiger partial charge in [-0.25, -0.2) is 0 Å². The van der Waals surface area contributed by atoms with E-state index in [1.165, 1.54) is 12.8 Å². The molecule has 0 spiro atoms. The molecule has 1 N–H and O–H groups in total. The summed E-state index contributed by atoms with van der Waals surface area (Å²) in [7, 11) is 3.94. The maximum Gasteiger partial charge on any atom is 0.208 e. The third-order valence-corrected chi connectivity index (χ3v) is 5.48. The van der Waals surface area contributed by atoms with Crippen LogP contribution in [-0.2, 0) is 0 Å². The summed E-state index contributed by atoms with van der Waals surface area (Å²) in [6.07, 6.45) is 4.31. The molecule has 1 unspecified atom stereocenters. The Bertz CT molecular complexity index is 477. The molecule has 0 amide bonds. The molecule has 1 saturated carbocycles. The molecular formula is C13H21N5S2. The smallest absolute Gasteiger partial charge is 0.208 e. The van der Waals surface area contributed by atoms with E-state index < -0.39 is 0 Å². The van der Waals surface area contributed by atoms with Gasteiger partial charge in [0.2, 0.25) is 5.13 Å². The number of nitrogens with one attached hydrogen (secondary N) is 1. The average molecular weight is 311 g/mol. The van der Waals surface area contributed by atoms with E-state index in [1.807, 2.05) is 25.9 Å². The zero-order valence-electron chi connectivity index (χ0n) is 12.2. The molecular weight excluding hydrogens is 290 g/mol. The minimum absolute atomic E-state index is 0.377. The van der Waals surface area contributed by atoms with Gasteiger partial charge in [-0.15, -0.1) is 10.2 Å². The Morgan fingerprint density at radius 2 is 2.25 bits per heavy atom. The van der Waals surface area contributed by atoms with Crippen LogP contribution in [0, 0.1) is 11.3 Å². The lowest BCUT2D eigenvalue weighted by Gasteiger charge is -2.22. The van der Waals surface area contributed by atoms with E-state index in [9.17, 15) is 5.26 Å². The maximum absolute atomic E-state index is 9.30. The second kappa shape index (κ2) is 6.74. The Kier molecular flexibility index (Phi) is 5.24. The number of hydrogen-bond acceptors (Lipinski definition) is 7. The molecule has 0 bridgehead atoms. The van der Waals surface area contributed by atoms with Gasteiger partial charge >= 0.3 is 0 Å². The molecule has 1 aliphatic rings. The van der Waals surface area contributed by atoms with E-state index in [-0.39, 0.29) is 5.54 Å². The van der Waals surface area contributed by atoms with Crippen molar-refractivity contribution < 1.29 is 0 Å². The zero-order valence-corrected chi connectivity index (χ0v) is 13.9. The fourth-order valence-corrected chi connectivity index (χ4v) is 3.64. The monoisotopic (exact) mass is 311 g/mol. The zero-order chi connectivity index (χ0) is 14.6. The second-order valence-corrected chi connectivity index (χ2v) is 7.86. The summed E-state index contributed by atoms with van der Waals surface area (Å²) in [5.74, 6) is 0.978. The molecule has 7 heteroatoms. The van der Waals surface area contributed by atoms with Gasteiger partial charge in [-0.3, -0.25) is 5.32 Å². The van der Waals surface area contributed by atoms with E-state index in [0.29, 0.717) is 6.04 Å². The number of rotatable bonds is 8. The highest BCUT2D eigenvalue weighted by Gasteiger charge is 2.31. The third-order valence-electron chi connectivity index (χ3n) is 3.17. The van der Waals surface area contributed by atoms with Crippen molar-refractivity contribution in [3.63, 3.8) is 0 Å².